The van der Waals surface area contributed by atoms with Crippen LogP contribution in [0.1, 0.15) is 41.6 Å². The largest absolute Gasteiger partial charge is 0.369 e. The molecule has 2 heterocycles. The van der Waals surface area contributed by atoms with Crippen LogP contribution in [0.4, 0.5) is 5.69 Å². The van der Waals surface area contributed by atoms with E-state index in [-0.39, 0.29) is 17.9 Å². The number of anilines is 1. The van der Waals surface area contributed by atoms with Gasteiger partial charge in [0.05, 0.1) is 18.2 Å². The number of carbonyl (C=O) groups excluding carboxylic acids is 1. The van der Waals surface area contributed by atoms with Crippen LogP contribution in [0, 0.1) is 6.92 Å². The van der Waals surface area contributed by atoms with Gasteiger partial charge >= 0.3 is 0 Å². The van der Waals surface area contributed by atoms with Gasteiger partial charge in [0.25, 0.3) is 0 Å². The molecular formula is C23H25ClN4O. The van der Waals surface area contributed by atoms with Crippen LogP contribution in [-0.4, -0.2) is 21.7 Å². The van der Waals surface area contributed by atoms with Crippen LogP contribution in [0.5, 0.6) is 0 Å². The lowest BCUT2D eigenvalue weighted by atomic mass is 9.85. The zero-order valence-corrected chi connectivity index (χ0v) is 17.4. The maximum atomic E-state index is 12.0. The third kappa shape index (κ3) is 3.75. The molecule has 2 atom stereocenters. The van der Waals surface area contributed by atoms with Gasteiger partial charge in [-0.15, -0.1) is 0 Å². The van der Waals surface area contributed by atoms with E-state index < -0.39 is 0 Å². The third-order valence-electron chi connectivity index (χ3n) is 5.76. The summed E-state index contributed by atoms with van der Waals surface area (Å²) in [5, 5.41) is 5.34. The summed E-state index contributed by atoms with van der Waals surface area (Å²) in [6.07, 6.45) is 0.696. The van der Waals surface area contributed by atoms with E-state index in [1.165, 1.54) is 0 Å². The molecular weight excluding hydrogens is 384 g/mol. The van der Waals surface area contributed by atoms with Crippen molar-refractivity contribution in [2.24, 2.45) is 5.73 Å². The fourth-order valence-electron chi connectivity index (χ4n) is 4.19. The first-order valence-electron chi connectivity index (χ1n) is 9.86. The first-order chi connectivity index (χ1) is 14.0. The van der Waals surface area contributed by atoms with Gasteiger partial charge in [-0.05, 0) is 37.5 Å². The average Bonchev–Trinajstić information content (AvgIpc) is 2.97. The number of fused-ring (bicyclic) bond motifs is 1. The highest BCUT2D eigenvalue weighted by Crippen LogP contribution is 2.39. The number of hydrogen-bond donors (Lipinski definition) is 1. The van der Waals surface area contributed by atoms with Gasteiger partial charge in [0, 0.05) is 23.8 Å². The molecule has 0 saturated heterocycles. The third-order valence-corrected chi connectivity index (χ3v) is 6.18. The molecule has 6 heteroatoms. The van der Waals surface area contributed by atoms with Gasteiger partial charge in [-0.2, -0.15) is 5.10 Å². The Morgan fingerprint density at radius 2 is 1.83 bits per heavy atom. The minimum absolute atomic E-state index is 0.162. The number of rotatable bonds is 5. The monoisotopic (exact) mass is 408 g/mol. The van der Waals surface area contributed by atoms with Crippen LogP contribution < -0.4 is 10.6 Å². The first-order valence-corrected chi connectivity index (χ1v) is 10.2. The molecule has 5 nitrogen and oxygen atoms in total. The number of aromatic nitrogens is 2. The molecule has 2 N–H and O–H groups in total. The zero-order valence-electron chi connectivity index (χ0n) is 16.7. The van der Waals surface area contributed by atoms with E-state index in [1.54, 1.807) is 0 Å². The van der Waals surface area contributed by atoms with Crippen LogP contribution in [0.25, 0.3) is 0 Å². The second-order valence-electron chi connectivity index (χ2n) is 7.72. The highest BCUT2D eigenvalue weighted by atomic mass is 35.5. The minimum Gasteiger partial charge on any atom is -0.369 e. The van der Waals surface area contributed by atoms with E-state index in [0.717, 1.165) is 28.1 Å². The van der Waals surface area contributed by atoms with E-state index in [2.05, 4.69) is 35.1 Å². The number of benzene rings is 2. The molecule has 1 aromatic heterocycles. The van der Waals surface area contributed by atoms with Crippen molar-refractivity contribution in [3.8, 4) is 0 Å². The molecule has 150 valence electrons. The van der Waals surface area contributed by atoms with Gasteiger partial charge in [0.1, 0.15) is 5.15 Å². The quantitative estimate of drug-likeness (QED) is 0.686. The molecule has 1 aliphatic heterocycles. The molecule has 0 bridgehead atoms. The lowest BCUT2D eigenvalue weighted by Crippen LogP contribution is -2.41. The summed E-state index contributed by atoms with van der Waals surface area (Å²) in [5.74, 6) is -0.524. The standard InChI is InChI=1S/C23H25ClN4O/c1-15-12-19(23(25)29)18-10-6-7-11-21(18)27(15)14-20-16(2)26-28(22(20)24)13-17-8-4-3-5-9-17/h3-11,15,19H,12-14H2,1-2H3,(H2,25,29)/t15-,19+/m0/s1. The van der Waals surface area contributed by atoms with Crippen molar-refractivity contribution < 1.29 is 4.79 Å². The number of hydrogen-bond acceptors (Lipinski definition) is 3. The highest BCUT2D eigenvalue weighted by Gasteiger charge is 2.33. The molecule has 0 saturated carbocycles. The van der Waals surface area contributed by atoms with Crippen LogP contribution in [0.2, 0.25) is 5.15 Å². The summed E-state index contributed by atoms with van der Waals surface area (Å²) in [5.41, 5.74) is 10.8. The fraction of sp³-hybridized carbons (Fsp3) is 0.304. The zero-order chi connectivity index (χ0) is 20.5. The van der Waals surface area contributed by atoms with Crippen molar-refractivity contribution in [1.29, 1.82) is 0 Å². The van der Waals surface area contributed by atoms with Gasteiger partial charge in [-0.25, -0.2) is 4.68 Å². The Bertz CT molecular complexity index is 1030. The molecule has 0 spiro atoms. The maximum Gasteiger partial charge on any atom is 0.225 e. The van der Waals surface area contributed by atoms with Gasteiger partial charge in [0.15, 0.2) is 0 Å². The molecule has 3 aromatic rings. The molecule has 1 aliphatic rings. The van der Waals surface area contributed by atoms with Crippen molar-refractivity contribution in [2.45, 2.75) is 45.3 Å². The van der Waals surface area contributed by atoms with E-state index in [1.807, 2.05) is 48.0 Å². The molecule has 0 unspecified atom stereocenters. The number of aryl methyl sites for hydroxylation is 1. The number of halogens is 1. The predicted molar refractivity (Wildman–Crippen MR) is 116 cm³/mol. The number of nitrogens with two attached hydrogens (primary N) is 1. The minimum atomic E-state index is -0.270. The normalized spacial score (nSPS) is 18.5. The first kappa shape index (κ1) is 19.5. The number of para-hydroxylation sites is 1. The number of carbonyl (C=O) groups is 1. The van der Waals surface area contributed by atoms with Crippen molar-refractivity contribution >= 4 is 23.2 Å². The second-order valence-corrected chi connectivity index (χ2v) is 8.08. The summed E-state index contributed by atoms with van der Waals surface area (Å²) in [7, 11) is 0. The van der Waals surface area contributed by atoms with E-state index >= 15 is 0 Å². The average molecular weight is 409 g/mol. The molecule has 0 radical (unpaired) electrons. The predicted octanol–water partition coefficient (Wildman–Crippen LogP) is 4.26. The van der Waals surface area contributed by atoms with E-state index in [0.29, 0.717) is 24.7 Å². The van der Waals surface area contributed by atoms with Gasteiger partial charge < -0.3 is 10.6 Å². The van der Waals surface area contributed by atoms with Crippen molar-refractivity contribution in [1.82, 2.24) is 9.78 Å². The number of nitrogens with zero attached hydrogens (tertiary/aromatic N) is 3. The highest BCUT2D eigenvalue weighted by molar-refractivity contribution is 6.30. The molecule has 0 fully saturated rings. The summed E-state index contributed by atoms with van der Waals surface area (Å²) < 4.78 is 1.86. The van der Waals surface area contributed by atoms with Crippen LogP contribution in [0.3, 0.4) is 0 Å². The molecule has 1 amide bonds. The van der Waals surface area contributed by atoms with Gasteiger partial charge in [-0.3, -0.25) is 4.79 Å². The van der Waals surface area contributed by atoms with E-state index in [9.17, 15) is 4.79 Å². The molecule has 4 rings (SSSR count). The molecule has 29 heavy (non-hydrogen) atoms. The number of primary amides is 1. The Hall–Kier alpha value is -2.79. The Balaban J connectivity index is 1.65. The lowest BCUT2D eigenvalue weighted by Gasteiger charge is -2.40. The smallest absolute Gasteiger partial charge is 0.225 e. The van der Waals surface area contributed by atoms with Crippen molar-refractivity contribution in [3.63, 3.8) is 0 Å². The summed E-state index contributed by atoms with van der Waals surface area (Å²) in [6.45, 7) is 5.40. The van der Waals surface area contributed by atoms with Crippen LogP contribution in [0.15, 0.2) is 54.6 Å². The Labute approximate surface area is 176 Å². The maximum absolute atomic E-state index is 12.0. The van der Waals surface area contributed by atoms with Gasteiger partial charge in [0.2, 0.25) is 5.91 Å². The summed E-state index contributed by atoms with van der Waals surface area (Å²) in [6, 6.07) is 18.3. The van der Waals surface area contributed by atoms with Crippen LogP contribution in [-0.2, 0) is 17.9 Å². The van der Waals surface area contributed by atoms with E-state index in [4.69, 9.17) is 17.3 Å². The molecule has 2 aromatic carbocycles. The summed E-state index contributed by atoms with van der Waals surface area (Å²) >= 11 is 6.75. The Kier molecular flexibility index (Phi) is 5.33. The Morgan fingerprint density at radius 3 is 2.55 bits per heavy atom. The fourth-order valence-corrected chi connectivity index (χ4v) is 4.48. The Morgan fingerprint density at radius 1 is 1.14 bits per heavy atom. The topological polar surface area (TPSA) is 64.2 Å². The summed E-state index contributed by atoms with van der Waals surface area (Å²) in [4.78, 5) is 14.3. The molecule has 0 aliphatic carbocycles. The van der Waals surface area contributed by atoms with Crippen molar-refractivity contribution in [3.05, 3.63) is 82.1 Å². The lowest BCUT2D eigenvalue weighted by molar-refractivity contribution is -0.119. The van der Waals surface area contributed by atoms with Crippen molar-refractivity contribution in [2.75, 3.05) is 4.90 Å². The van der Waals surface area contributed by atoms with Crippen LogP contribution >= 0.6 is 11.6 Å². The van der Waals surface area contributed by atoms with Gasteiger partial charge in [-0.1, -0.05) is 60.1 Å². The second kappa shape index (κ2) is 7.91. The SMILES string of the molecule is Cc1nn(Cc2ccccc2)c(Cl)c1CN1c2ccccc2[C@H](C(N)=O)C[C@@H]1C. The number of amides is 1.